The van der Waals surface area contributed by atoms with E-state index in [1.807, 2.05) is 6.07 Å². The molecule has 2 rings (SSSR count). The van der Waals surface area contributed by atoms with Crippen LogP contribution in [0, 0.1) is 5.92 Å². The molecule has 1 fully saturated rings. The number of thiophene rings is 1. The van der Waals surface area contributed by atoms with Crippen molar-refractivity contribution in [3.05, 3.63) is 17.0 Å². The van der Waals surface area contributed by atoms with Gasteiger partial charge >= 0.3 is 0 Å². The number of hydrogen-bond acceptors (Lipinski definition) is 3. The van der Waals surface area contributed by atoms with E-state index in [-0.39, 0.29) is 0 Å². The van der Waals surface area contributed by atoms with E-state index in [1.54, 1.807) is 11.3 Å². The van der Waals surface area contributed by atoms with Crippen LogP contribution in [0.4, 0.5) is 5.00 Å². The van der Waals surface area contributed by atoms with Crippen LogP contribution in [0.1, 0.15) is 49.2 Å². The van der Waals surface area contributed by atoms with Gasteiger partial charge in [-0.2, -0.15) is 0 Å². The molecule has 0 amide bonds. The summed E-state index contributed by atoms with van der Waals surface area (Å²) in [5.41, 5.74) is 0. The highest BCUT2D eigenvalue weighted by Gasteiger charge is 2.24. The molecule has 3 heteroatoms. The first-order valence-electron chi connectivity index (χ1n) is 6.52. The SMILES string of the molecule is CC(C)CN(c1ccc(C=O)s1)C1CCCC1. The summed E-state index contributed by atoms with van der Waals surface area (Å²) in [4.78, 5) is 14.1. The molecule has 94 valence electrons. The van der Waals surface area contributed by atoms with Crippen molar-refractivity contribution >= 4 is 22.6 Å². The highest BCUT2D eigenvalue weighted by molar-refractivity contribution is 7.17. The molecule has 1 saturated carbocycles. The summed E-state index contributed by atoms with van der Waals surface area (Å²) in [5, 5.41) is 1.27. The highest BCUT2D eigenvalue weighted by Crippen LogP contribution is 2.33. The van der Waals surface area contributed by atoms with Crippen LogP contribution >= 0.6 is 11.3 Å². The second-order valence-electron chi connectivity index (χ2n) is 5.28. The molecule has 0 saturated heterocycles. The topological polar surface area (TPSA) is 20.3 Å². The van der Waals surface area contributed by atoms with Crippen LogP contribution in [0.25, 0.3) is 0 Å². The Morgan fingerprint density at radius 1 is 1.41 bits per heavy atom. The molecule has 1 heterocycles. The maximum absolute atomic E-state index is 10.8. The summed E-state index contributed by atoms with van der Waals surface area (Å²) in [7, 11) is 0. The van der Waals surface area contributed by atoms with Crippen molar-refractivity contribution < 1.29 is 4.79 Å². The Labute approximate surface area is 108 Å². The fourth-order valence-electron chi connectivity index (χ4n) is 2.59. The third-order valence-corrected chi connectivity index (χ3v) is 4.39. The molecule has 0 aromatic carbocycles. The number of carbonyl (C=O) groups is 1. The first kappa shape index (κ1) is 12.6. The van der Waals surface area contributed by atoms with Gasteiger partial charge in [0.2, 0.25) is 0 Å². The summed E-state index contributed by atoms with van der Waals surface area (Å²) >= 11 is 1.63. The highest BCUT2D eigenvalue weighted by atomic mass is 32.1. The van der Waals surface area contributed by atoms with Crippen LogP contribution in [0.15, 0.2) is 12.1 Å². The predicted octanol–water partition coefficient (Wildman–Crippen LogP) is 3.97. The van der Waals surface area contributed by atoms with Crippen LogP contribution in [0.2, 0.25) is 0 Å². The number of hydrogen-bond donors (Lipinski definition) is 0. The molecule has 0 N–H and O–H groups in total. The second-order valence-corrected chi connectivity index (χ2v) is 6.37. The van der Waals surface area contributed by atoms with E-state index in [2.05, 4.69) is 24.8 Å². The predicted molar refractivity (Wildman–Crippen MR) is 74.1 cm³/mol. The zero-order chi connectivity index (χ0) is 12.3. The largest absolute Gasteiger partial charge is 0.360 e. The third-order valence-electron chi connectivity index (χ3n) is 3.34. The number of anilines is 1. The Morgan fingerprint density at radius 3 is 2.65 bits per heavy atom. The molecule has 1 aliphatic rings. The minimum atomic E-state index is 0.664. The molecule has 0 radical (unpaired) electrons. The monoisotopic (exact) mass is 251 g/mol. The quantitative estimate of drug-likeness (QED) is 0.738. The zero-order valence-corrected chi connectivity index (χ0v) is 11.5. The number of aldehydes is 1. The lowest BCUT2D eigenvalue weighted by Gasteiger charge is -2.31. The molecular formula is C14H21NOS. The van der Waals surface area contributed by atoms with Gasteiger partial charge in [-0.15, -0.1) is 11.3 Å². The van der Waals surface area contributed by atoms with E-state index >= 15 is 0 Å². The lowest BCUT2D eigenvalue weighted by molar-refractivity contribution is 0.112. The van der Waals surface area contributed by atoms with Gasteiger partial charge in [-0.3, -0.25) is 4.79 Å². The summed E-state index contributed by atoms with van der Waals surface area (Å²) in [6.07, 6.45) is 6.27. The van der Waals surface area contributed by atoms with Crippen molar-refractivity contribution in [2.45, 2.75) is 45.6 Å². The van der Waals surface area contributed by atoms with Crippen LogP contribution in [-0.2, 0) is 0 Å². The van der Waals surface area contributed by atoms with Crippen molar-refractivity contribution in [1.29, 1.82) is 0 Å². The summed E-state index contributed by atoms with van der Waals surface area (Å²) in [6.45, 7) is 5.62. The van der Waals surface area contributed by atoms with E-state index in [4.69, 9.17) is 0 Å². The molecule has 0 unspecified atom stereocenters. The minimum Gasteiger partial charge on any atom is -0.360 e. The van der Waals surface area contributed by atoms with Crippen LogP contribution in [0.5, 0.6) is 0 Å². The molecule has 2 nitrogen and oxygen atoms in total. The van der Waals surface area contributed by atoms with Crippen molar-refractivity contribution in [3.63, 3.8) is 0 Å². The Kier molecular flexibility index (Phi) is 4.21. The van der Waals surface area contributed by atoms with E-state index in [0.29, 0.717) is 12.0 Å². The van der Waals surface area contributed by atoms with Crippen LogP contribution in [0.3, 0.4) is 0 Å². The number of rotatable bonds is 5. The molecule has 1 aliphatic carbocycles. The van der Waals surface area contributed by atoms with Gasteiger partial charge in [0.05, 0.1) is 9.88 Å². The number of nitrogens with zero attached hydrogens (tertiary/aromatic N) is 1. The van der Waals surface area contributed by atoms with Crippen LogP contribution in [-0.4, -0.2) is 18.9 Å². The maximum Gasteiger partial charge on any atom is 0.160 e. The van der Waals surface area contributed by atoms with Crippen LogP contribution < -0.4 is 4.90 Å². The molecule has 0 aliphatic heterocycles. The lowest BCUT2D eigenvalue weighted by atomic mass is 10.1. The number of carbonyl (C=O) groups excluding carboxylic acids is 1. The van der Waals surface area contributed by atoms with Gasteiger partial charge in [0.25, 0.3) is 0 Å². The van der Waals surface area contributed by atoms with Crippen molar-refractivity contribution in [1.82, 2.24) is 0 Å². The molecule has 0 spiro atoms. The Balaban J connectivity index is 2.15. The normalized spacial score (nSPS) is 16.6. The fraction of sp³-hybridized carbons (Fsp3) is 0.643. The fourth-order valence-corrected chi connectivity index (χ4v) is 3.49. The summed E-state index contributed by atoms with van der Waals surface area (Å²) in [5.74, 6) is 0.664. The van der Waals surface area contributed by atoms with E-state index < -0.39 is 0 Å². The average Bonchev–Trinajstić information content (AvgIpc) is 2.97. The van der Waals surface area contributed by atoms with E-state index in [0.717, 1.165) is 17.7 Å². The van der Waals surface area contributed by atoms with Gasteiger partial charge in [-0.05, 0) is 30.9 Å². The van der Waals surface area contributed by atoms with Gasteiger partial charge in [0.1, 0.15) is 0 Å². The summed E-state index contributed by atoms with van der Waals surface area (Å²) < 4.78 is 0. The lowest BCUT2D eigenvalue weighted by Crippen LogP contribution is -2.35. The van der Waals surface area contributed by atoms with E-state index in [1.165, 1.54) is 30.7 Å². The van der Waals surface area contributed by atoms with Gasteiger partial charge in [-0.25, -0.2) is 0 Å². The minimum absolute atomic E-state index is 0.664. The molecule has 1 aromatic heterocycles. The first-order valence-corrected chi connectivity index (χ1v) is 7.34. The Morgan fingerprint density at radius 2 is 2.12 bits per heavy atom. The maximum atomic E-state index is 10.8. The van der Waals surface area contributed by atoms with E-state index in [9.17, 15) is 4.79 Å². The van der Waals surface area contributed by atoms with Crippen molar-refractivity contribution in [2.24, 2.45) is 5.92 Å². The van der Waals surface area contributed by atoms with Gasteiger partial charge in [0, 0.05) is 12.6 Å². The molecule has 17 heavy (non-hydrogen) atoms. The smallest absolute Gasteiger partial charge is 0.160 e. The first-order chi connectivity index (χ1) is 8.20. The third kappa shape index (κ3) is 3.09. The summed E-state index contributed by atoms with van der Waals surface area (Å²) in [6, 6.07) is 4.74. The van der Waals surface area contributed by atoms with Gasteiger partial charge < -0.3 is 4.90 Å². The van der Waals surface area contributed by atoms with Gasteiger partial charge in [0.15, 0.2) is 6.29 Å². The second kappa shape index (κ2) is 5.67. The average molecular weight is 251 g/mol. The Bertz CT molecular complexity index is 366. The van der Waals surface area contributed by atoms with Gasteiger partial charge in [-0.1, -0.05) is 26.7 Å². The van der Waals surface area contributed by atoms with Crippen molar-refractivity contribution in [2.75, 3.05) is 11.4 Å². The van der Waals surface area contributed by atoms with Crippen molar-refractivity contribution in [3.8, 4) is 0 Å². The molecular weight excluding hydrogens is 230 g/mol. The zero-order valence-electron chi connectivity index (χ0n) is 10.7. The Hall–Kier alpha value is -0.830. The molecule has 0 bridgehead atoms. The standard InChI is InChI=1S/C14H21NOS/c1-11(2)9-15(12-5-3-4-6-12)14-8-7-13(10-16)17-14/h7-8,10-12H,3-6,9H2,1-2H3. The molecule has 1 aromatic rings. The molecule has 0 atom stereocenters.